The molecule has 2 amide bonds. The number of anilines is 3. The largest absolute Gasteiger partial charge is 0.483 e. The standard InChI is InChI=1S/C24H26F3N7O2/c1-2-16-12-17(24(25,26)27)14-19(13-16)32-23(35)34-10-8-33(9-11-34)21-20(4-3-6-29-21)36-15-18-5-7-30-22(28)31-18/h3-7,12-14H,2,8-11,15H2,1H3,(H,32,35)(H2,28,30,31). The van der Waals surface area contributed by atoms with Crippen molar-refractivity contribution in [3.8, 4) is 5.75 Å². The third kappa shape index (κ3) is 6.12. The van der Waals surface area contributed by atoms with Gasteiger partial charge in [-0.05, 0) is 48.4 Å². The number of nitrogens with two attached hydrogens (primary N) is 1. The number of aryl methyl sites for hydroxylation is 1. The average Bonchev–Trinajstić information content (AvgIpc) is 2.87. The van der Waals surface area contributed by atoms with Crippen molar-refractivity contribution in [2.45, 2.75) is 26.1 Å². The Morgan fingerprint density at radius 3 is 2.58 bits per heavy atom. The lowest BCUT2D eigenvalue weighted by molar-refractivity contribution is -0.137. The van der Waals surface area contributed by atoms with Gasteiger partial charge in [-0.2, -0.15) is 13.2 Å². The van der Waals surface area contributed by atoms with Crippen molar-refractivity contribution in [1.29, 1.82) is 0 Å². The van der Waals surface area contributed by atoms with Crippen molar-refractivity contribution in [2.24, 2.45) is 0 Å². The quantitative estimate of drug-likeness (QED) is 0.526. The van der Waals surface area contributed by atoms with E-state index in [1.165, 1.54) is 0 Å². The minimum absolute atomic E-state index is 0.125. The number of ether oxygens (including phenoxy) is 1. The number of carbonyl (C=O) groups excluding carboxylic acids is 1. The van der Waals surface area contributed by atoms with Gasteiger partial charge in [-0.3, -0.25) is 0 Å². The van der Waals surface area contributed by atoms with E-state index >= 15 is 0 Å². The number of alkyl halides is 3. The van der Waals surface area contributed by atoms with Crippen molar-refractivity contribution >= 4 is 23.5 Å². The predicted molar refractivity (Wildman–Crippen MR) is 129 cm³/mol. The Hall–Kier alpha value is -4.09. The van der Waals surface area contributed by atoms with Crippen molar-refractivity contribution in [2.75, 3.05) is 42.1 Å². The number of pyridine rings is 1. The maximum atomic E-state index is 13.2. The Morgan fingerprint density at radius 2 is 1.89 bits per heavy atom. The fourth-order valence-corrected chi connectivity index (χ4v) is 3.83. The third-order valence-corrected chi connectivity index (χ3v) is 5.70. The van der Waals surface area contributed by atoms with Crippen molar-refractivity contribution in [3.05, 3.63) is 65.6 Å². The highest BCUT2D eigenvalue weighted by molar-refractivity contribution is 5.89. The summed E-state index contributed by atoms with van der Waals surface area (Å²) in [5.41, 5.74) is 6.08. The molecule has 0 spiro atoms. The van der Waals surface area contributed by atoms with E-state index in [0.717, 1.165) is 12.1 Å². The van der Waals surface area contributed by atoms with Gasteiger partial charge in [0, 0.05) is 44.3 Å². The van der Waals surface area contributed by atoms with E-state index in [9.17, 15) is 18.0 Å². The second-order valence-corrected chi connectivity index (χ2v) is 8.19. The number of rotatable bonds is 6. The Morgan fingerprint density at radius 1 is 1.11 bits per heavy atom. The van der Waals surface area contributed by atoms with Crippen LogP contribution in [0.5, 0.6) is 5.75 Å². The highest BCUT2D eigenvalue weighted by Crippen LogP contribution is 2.32. The van der Waals surface area contributed by atoms with Gasteiger partial charge in [0.25, 0.3) is 0 Å². The summed E-state index contributed by atoms with van der Waals surface area (Å²) in [6, 6.07) is 8.43. The monoisotopic (exact) mass is 501 g/mol. The second-order valence-electron chi connectivity index (χ2n) is 8.19. The van der Waals surface area contributed by atoms with Crippen LogP contribution in [0.2, 0.25) is 0 Å². The summed E-state index contributed by atoms with van der Waals surface area (Å²) >= 11 is 0. The molecule has 0 bridgehead atoms. The van der Waals surface area contributed by atoms with E-state index in [0.29, 0.717) is 55.4 Å². The molecule has 3 heterocycles. The number of hydrogen-bond acceptors (Lipinski definition) is 7. The molecule has 0 aliphatic carbocycles. The van der Waals surface area contributed by atoms with Crippen molar-refractivity contribution in [3.63, 3.8) is 0 Å². The van der Waals surface area contributed by atoms with Crippen molar-refractivity contribution < 1.29 is 22.7 Å². The molecule has 3 aromatic rings. The minimum atomic E-state index is -4.49. The normalized spacial score (nSPS) is 14.0. The summed E-state index contributed by atoms with van der Waals surface area (Å²) < 4.78 is 45.6. The summed E-state index contributed by atoms with van der Waals surface area (Å²) in [5.74, 6) is 1.35. The number of nitrogens with zero attached hydrogens (tertiary/aromatic N) is 5. The van der Waals surface area contributed by atoms with Crippen LogP contribution in [0.1, 0.15) is 23.7 Å². The second kappa shape index (κ2) is 10.7. The zero-order chi connectivity index (χ0) is 25.7. The van der Waals surface area contributed by atoms with Crippen LogP contribution >= 0.6 is 0 Å². The molecule has 1 saturated heterocycles. The van der Waals surface area contributed by atoms with Gasteiger partial charge >= 0.3 is 12.2 Å². The van der Waals surface area contributed by atoms with Crippen LogP contribution in [0.15, 0.2) is 48.8 Å². The zero-order valence-corrected chi connectivity index (χ0v) is 19.6. The highest BCUT2D eigenvalue weighted by Gasteiger charge is 2.31. The summed E-state index contributed by atoms with van der Waals surface area (Å²) in [4.78, 5) is 28.8. The Bertz CT molecular complexity index is 1210. The molecule has 0 radical (unpaired) electrons. The molecule has 3 N–H and O–H groups in total. The number of piperazine rings is 1. The number of benzene rings is 1. The molecular weight excluding hydrogens is 475 g/mol. The highest BCUT2D eigenvalue weighted by atomic mass is 19.4. The zero-order valence-electron chi connectivity index (χ0n) is 19.6. The number of nitrogens with one attached hydrogen (secondary N) is 1. The van der Waals surface area contributed by atoms with E-state index < -0.39 is 17.8 Å². The van der Waals surface area contributed by atoms with Gasteiger partial charge in [0.2, 0.25) is 5.95 Å². The lowest BCUT2D eigenvalue weighted by Crippen LogP contribution is -2.50. The molecule has 9 nitrogen and oxygen atoms in total. The molecule has 36 heavy (non-hydrogen) atoms. The fraction of sp³-hybridized carbons (Fsp3) is 0.333. The molecule has 1 aliphatic rings. The number of halogens is 3. The molecule has 0 atom stereocenters. The van der Waals surface area contributed by atoms with Crippen LogP contribution in [0.25, 0.3) is 0 Å². The first-order chi connectivity index (χ1) is 17.2. The van der Waals surface area contributed by atoms with Gasteiger partial charge in [-0.1, -0.05) is 6.92 Å². The SMILES string of the molecule is CCc1cc(NC(=O)N2CCN(c3ncccc3OCc3ccnc(N)n3)CC2)cc(C(F)(F)F)c1. The van der Waals surface area contributed by atoms with Crippen molar-refractivity contribution in [1.82, 2.24) is 19.9 Å². The first-order valence-electron chi connectivity index (χ1n) is 11.4. The molecule has 1 aromatic carbocycles. The van der Waals surface area contributed by atoms with Gasteiger partial charge in [-0.25, -0.2) is 19.7 Å². The van der Waals surface area contributed by atoms with Gasteiger partial charge in [0.1, 0.15) is 6.61 Å². The smallest absolute Gasteiger partial charge is 0.416 e. The maximum Gasteiger partial charge on any atom is 0.416 e. The minimum Gasteiger partial charge on any atom is -0.483 e. The number of carbonyl (C=O) groups is 1. The first kappa shape index (κ1) is 25.0. The van der Waals surface area contributed by atoms with E-state index in [-0.39, 0.29) is 18.2 Å². The third-order valence-electron chi connectivity index (χ3n) is 5.70. The Labute approximate surface area is 206 Å². The van der Waals surface area contributed by atoms with Crippen LogP contribution in [0, 0.1) is 0 Å². The number of aromatic nitrogens is 3. The molecule has 12 heteroatoms. The summed E-state index contributed by atoms with van der Waals surface area (Å²) in [6.07, 6.45) is -0.857. The number of nitrogen functional groups attached to an aromatic ring is 1. The maximum absolute atomic E-state index is 13.2. The summed E-state index contributed by atoms with van der Waals surface area (Å²) in [7, 11) is 0. The first-order valence-corrected chi connectivity index (χ1v) is 11.4. The molecule has 1 fully saturated rings. The number of hydrogen-bond donors (Lipinski definition) is 2. The molecular formula is C24H26F3N7O2. The molecule has 190 valence electrons. The number of urea groups is 1. The van der Waals surface area contributed by atoms with E-state index in [2.05, 4.69) is 20.3 Å². The average molecular weight is 502 g/mol. The summed E-state index contributed by atoms with van der Waals surface area (Å²) in [6.45, 7) is 3.63. The molecule has 0 saturated carbocycles. The molecule has 1 aliphatic heterocycles. The van der Waals surface area contributed by atoms with Crippen LogP contribution < -0.4 is 20.7 Å². The molecule has 2 aromatic heterocycles. The topological polar surface area (TPSA) is 110 Å². The van der Waals surface area contributed by atoms with Crippen LogP contribution in [0.4, 0.5) is 35.4 Å². The van der Waals surface area contributed by atoms with Crippen LogP contribution in [-0.2, 0) is 19.2 Å². The van der Waals surface area contributed by atoms with E-state index in [1.807, 2.05) is 4.90 Å². The lowest BCUT2D eigenvalue weighted by Gasteiger charge is -2.35. The van der Waals surface area contributed by atoms with Gasteiger partial charge in [-0.15, -0.1) is 0 Å². The van der Waals surface area contributed by atoms with Crippen LogP contribution in [0.3, 0.4) is 0 Å². The van der Waals surface area contributed by atoms with E-state index in [4.69, 9.17) is 10.5 Å². The molecule has 4 rings (SSSR count). The Balaban J connectivity index is 1.38. The predicted octanol–water partition coefficient (Wildman–Crippen LogP) is 3.97. The van der Waals surface area contributed by atoms with Gasteiger partial charge in [0.15, 0.2) is 11.6 Å². The fourth-order valence-electron chi connectivity index (χ4n) is 3.83. The number of amides is 2. The molecule has 0 unspecified atom stereocenters. The van der Waals surface area contributed by atoms with Crippen LogP contribution in [-0.4, -0.2) is 52.1 Å². The van der Waals surface area contributed by atoms with Gasteiger partial charge < -0.3 is 25.6 Å². The lowest BCUT2D eigenvalue weighted by atomic mass is 10.1. The Kier molecular flexibility index (Phi) is 7.41. The van der Waals surface area contributed by atoms with E-state index in [1.54, 1.807) is 48.5 Å². The van der Waals surface area contributed by atoms with Gasteiger partial charge in [0.05, 0.1) is 11.3 Å². The summed E-state index contributed by atoms with van der Waals surface area (Å²) in [5, 5.41) is 2.61.